The predicted octanol–water partition coefficient (Wildman–Crippen LogP) is 0.560. The molecule has 0 radical (unpaired) electrons. The zero-order chi connectivity index (χ0) is 11.4. The molecule has 1 atom stereocenters. The molecule has 3 N–H and O–H groups in total. The Kier molecular flexibility index (Phi) is 4.16. The van der Waals surface area contributed by atoms with Gasteiger partial charge in [-0.25, -0.2) is 0 Å². The van der Waals surface area contributed by atoms with E-state index >= 15 is 0 Å². The Bertz CT molecular complexity index is 337. The summed E-state index contributed by atoms with van der Waals surface area (Å²) in [6.45, 7) is 6.26. The third-order valence-corrected chi connectivity index (χ3v) is 3.06. The van der Waals surface area contributed by atoms with Gasteiger partial charge < -0.3 is 11.1 Å². The van der Waals surface area contributed by atoms with Gasteiger partial charge in [-0.2, -0.15) is 0 Å². The Hall–Kier alpha value is -1.01. The van der Waals surface area contributed by atoms with Crippen molar-refractivity contribution in [2.75, 3.05) is 6.54 Å². The standard InChI is InChI=1S/C9H16N4OS/c1-5(2)7(4-10)11-9(14)8-6(3)12-13-15-8/h5,7H,4,10H2,1-3H3,(H,11,14). The summed E-state index contributed by atoms with van der Waals surface area (Å²) in [7, 11) is 0. The number of nitrogens with two attached hydrogens (primary N) is 1. The van der Waals surface area contributed by atoms with Gasteiger partial charge in [0.2, 0.25) is 0 Å². The van der Waals surface area contributed by atoms with Crippen molar-refractivity contribution in [2.24, 2.45) is 11.7 Å². The molecule has 0 spiro atoms. The number of aromatic nitrogens is 2. The van der Waals surface area contributed by atoms with Gasteiger partial charge in [-0.05, 0) is 24.4 Å². The molecule has 0 aliphatic rings. The zero-order valence-corrected chi connectivity index (χ0v) is 9.97. The number of amides is 1. The van der Waals surface area contributed by atoms with Crippen molar-refractivity contribution in [1.29, 1.82) is 0 Å². The minimum atomic E-state index is -0.133. The number of hydrogen-bond acceptors (Lipinski definition) is 5. The topological polar surface area (TPSA) is 80.9 Å². The Labute approximate surface area is 93.2 Å². The fourth-order valence-corrected chi connectivity index (χ4v) is 1.73. The van der Waals surface area contributed by atoms with Crippen LogP contribution in [0.2, 0.25) is 0 Å². The molecule has 1 aromatic rings. The molecule has 1 rings (SSSR count). The van der Waals surface area contributed by atoms with Gasteiger partial charge in [0.25, 0.3) is 5.91 Å². The van der Waals surface area contributed by atoms with Gasteiger partial charge in [-0.3, -0.25) is 4.79 Å². The van der Waals surface area contributed by atoms with Crippen LogP contribution in [0.3, 0.4) is 0 Å². The van der Waals surface area contributed by atoms with E-state index in [-0.39, 0.29) is 11.9 Å². The van der Waals surface area contributed by atoms with Gasteiger partial charge in [0, 0.05) is 12.6 Å². The third kappa shape index (κ3) is 2.97. The van der Waals surface area contributed by atoms with Gasteiger partial charge in [0.1, 0.15) is 4.88 Å². The van der Waals surface area contributed by atoms with Crippen molar-refractivity contribution in [3.05, 3.63) is 10.6 Å². The molecular formula is C9H16N4OS. The zero-order valence-electron chi connectivity index (χ0n) is 9.15. The fourth-order valence-electron chi connectivity index (χ4n) is 1.17. The maximum absolute atomic E-state index is 11.8. The molecule has 1 amide bonds. The van der Waals surface area contributed by atoms with E-state index in [1.54, 1.807) is 6.92 Å². The molecule has 1 aromatic heterocycles. The molecule has 1 unspecified atom stereocenters. The Morgan fingerprint density at radius 1 is 1.60 bits per heavy atom. The van der Waals surface area contributed by atoms with Crippen LogP contribution < -0.4 is 11.1 Å². The maximum Gasteiger partial charge on any atom is 0.265 e. The SMILES string of the molecule is Cc1nnsc1C(=O)NC(CN)C(C)C. The Morgan fingerprint density at radius 2 is 2.27 bits per heavy atom. The van der Waals surface area contributed by atoms with Crippen molar-refractivity contribution in [2.45, 2.75) is 26.8 Å². The number of carbonyl (C=O) groups is 1. The predicted molar refractivity (Wildman–Crippen MR) is 59.8 cm³/mol. The number of aryl methyl sites for hydroxylation is 1. The van der Waals surface area contributed by atoms with E-state index in [4.69, 9.17) is 5.73 Å². The molecule has 0 aromatic carbocycles. The van der Waals surface area contributed by atoms with Crippen LogP contribution >= 0.6 is 11.5 Å². The van der Waals surface area contributed by atoms with E-state index in [0.717, 1.165) is 11.5 Å². The molecule has 0 aliphatic heterocycles. The lowest BCUT2D eigenvalue weighted by molar-refractivity contribution is 0.0931. The minimum Gasteiger partial charge on any atom is -0.347 e. The summed E-state index contributed by atoms with van der Waals surface area (Å²) in [5, 5.41) is 6.67. The number of rotatable bonds is 4. The second kappa shape index (κ2) is 5.18. The van der Waals surface area contributed by atoms with Crippen LogP contribution in [-0.4, -0.2) is 28.1 Å². The lowest BCUT2D eigenvalue weighted by atomic mass is 10.0. The normalized spacial score (nSPS) is 12.9. The summed E-state index contributed by atoms with van der Waals surface area (Å²) in [6.07, 6.45) is 0. The van der Waals surface area contributed by atoms with Crippen LogP contribution in [0, 0.1) is 12.8 Å². The molecule has 0 aliphatic carbocycles. The summed E-state index contributed by atoms with van der Waals surface area (Å²) in [6, 6.07) is -0.000926. The lowest BCUT2D eigenvalue weighted by Crippen LogP contribution is -2.43. The second-order valence-corrected chi connectivity index (χ2v) is 4.50. The third-order valence-electron chi connectivity index (χ3n) is 2.23. The largest absolute Gasteiger partial charge is 0.347 e. The minimum absolute atomic E-state index is 0.000926. The lowest BCUT2D eigenvalue weighted by Gasteiger charge is -2.19. The first-order valence-electron chi connectivity index (χ1n) is 4.86. The van der Waals surface area contributed by atoms with Crippen molar-refractivity contribution in [1.82, 2.24) is 14.9 Å². The molecule has 0 bridgehead atoms. The van der Waals surface area contributed by atoms with Crippen molar-refractivity contribution in [3.8, 4) is 0 Å². The van der Waals surface area contributed by atoms with Crippen LogP contribution in [0.4, 0.5) is 0 Å². The maximum atomic E-state index is 11.8. The van der Waals surface area contributed by atoms with E-state index in [0.29, 0.717) is 23.0 Å². The van der Waals surface area contributed by atoms with E-state index < -0.39 is 0 Å². The number of hydrogen-bond donors (Lipinski definition) is 2. The van der Waals surface area contributed by atoms with Crippen LogP contribution in [0.5, 0.6) is 0 Å². The van der Waals surface area contributed by atoms with Gasteiger partial charge >= 0.3 is 0 Å². The molecule has 1 heterocycles. The highest BCUT2D eigenvalue weighted by molar-refractivity contribution is 7.07. The van der Waals surface area contributed by atoms with E-state index in [1.165, 1.54) is 0 Å². The first kappa shape index (κ1) is 12.1. The van der Waals surface area contributed by atoms with Crippen LogP contribution in [-0.2, 0) is 0 Å². The van der Waals surface area contributed by atoms with Crippen LogP contribution in [0.25, 0.3) is 0 Å². The van der Waals surface area contributed by atoms with Crippen molar-refractivity contribution >= 4 is 17.4 Å². The highest BCUT2D eigenvalue weighted by Crippen LogP contribution is 2.10. The monoisotopic (exact) mass is 228 g/mol. The van der Waals surface area contributed by atoms with E-state index in [1.807, 2.05) is 13.8 Å². The summed E-state index contributed by atoms with van der Waals surface area (Å²) in [5.74, 6) is 0.187. The highest BCUT2D eigenvalue weighted by atomic mass is 32.1. The van der Waals surface area contributed by atoms with Crippen LogP contribution in [0.15, 0.2) is 0 Å². The summed E-state index contributed by atoms with van der Waals surface area (Å²) < 4.78 is 3.72. The Morgan fingerprint density at radius 3 is 2.67 bits per heavy atom. The summed E-state index contributed by atoms with van der Waals surface area (Å²) >= 11 is 1.11. The van der Waals surface area contributed by atoms with Gasteiger partial charge in [-0.15, -0.1) is 5.10 Å². The first-order chi connectivity index (χ1) is 7.06. The average molecular weight is 228 g/mol. The molecule has 0 saturated heterocycles. The molecule has 6 heteroatoms. The van der Waals surface area contributed by atoms with Crippen molar-refractivity contribution in [3.63, 3.8) is 0 Å². The number of carbonyl (C=O) groups excluding carboxylic acids is 1. The quantitative estimate of drug-likeness (QED) is 0.789. The molecule has 84 valence electrons. The molecule has 0 fully saturated rings. The fraction of sp³-hybridized carbons (Fsp3) is 0.667. The molecule has 0 saturated carbocycles. The van der Waals surface area contributed by atoms with Gasteiger partial charge in [-0.1, -0.05) is 18.3 Å². The van der Waals surface area contributed by atoms with Crippen LogP contribution in [0.1, 0.15) is 29.2 Å². The molecule has 5 nitrogen and oxygen atoms in total. The smallest absolute Gasteiger partial charge is 0.265 e. The number of nitrogens with zero attached hydrogens (tertiary/aromatic N) is 2. The van der Waals surface area contributed by atoms with E-state index in [9.17, 15) is 4.79 Å². The van der Waals surface area contributed by atoms with Gasteiger partial charge in [0.15, 0.2) is 0 Å². The van der Waals surface area contributed by atoms with E-state index in [2.05, 4.69) is 14.9 Å². The Balaban J connectivity index is 2.67. The average Bonchev–Trinajstić information content (AvgIpc) is 2.60. The summed E-state index contributed by atoms with van der Waals surface area (Å²) in [5.41, 5.74) is 6.23. The second-order valence-electron chi connectivity index (χ2n) is 3.75. The highest BCUT2D eigenvalue weighted by Gasteiger charge is 2.18. The molecule has 15 heavy (non-hydrogen) atoms. The molecular weight excluding hydrogens is 212 g/mol. The van der Waals surface area contributed by atoms with Gasteiger partial charge in [0.05, 0.1) is 5.69 Å². The summed E-state index contributed by atoms with van der Waals surface area (Å²) in [4.78, 5) is 12.3. The first-order valence-corrected chi connectivity index (χ1v) is 5.63. The number of nitrogens with one attached hydrogen (secondary N) is 1. The van der Waals surface area contributed by atoms with Crippen molar-refractivity contribution < 1.29 is 4.79 Å².